The molecule has 1 aliphatic heterocycles. The Balaban J connectivity index is 1.48. The van der Waals surface area contributed by atoms with Crippen molar-refractivity contribution < 1.29 is 24.2 Å². The van der Waals surface area contributed by atoms with Gasteiger partial charge in [-0.2, -0.15) is 0 Å². The number of ether oxygens (including phenoxy) is 1. The maximum atomic E-state index is 12.7. The van der Waals surface area contributed by atoms with Gasteiger partial charge in [-0.15, -0.1) is 0 Å². The number of halogens is 2. The Labute approximate surface area is 198 Å². The highest BCUT2D eigenvalue weighted by molar-refractivity contribution is 6.32. The van der Waals surface area contributed by atoms with Gasteiger partial charge in [0.25, 0.3) is 5.91 Å². The number of anilines is 1. The van der Waals surface area contributed by atoms with E-state index in [1.165, 1.54) is 18.2 Å². The Hall–Kier alpha value is -3.81. The van der Waals surface area contributed by atoms with Gasteiger partial charge in [-0.05, 0) is 65.7 Å². The first-order valence-corrected chi connectivity index (χ1v) is 10.4. The van der Waals surface area contributed by atoms with Gasteiger partial charge in [0.2, 0.25) is 0 Å². The molecule has 9 heteroatoms. The van der Waals surface area contributed by atoms with Crippen molar-refractivity contribution in [1.82, 2.24) is 5.32 Å². The molecule has 4 rings (SSSR count). The number of urea groups is 1. The first-order valence-electron chi connectivity index (χ1n) is 9.69. The highest BCUT2D eigenvalue weighted by Crippen LogP contribution is 2.29. The maximum absolute atomic E-state index is 12.7. The molecule has 0 aliphatic carbocycles. The minimum Gasteiger partial charge on any atom is -0.487 e. The third-order valence-electron chi connectivity index (χ3n) is 4.80. The average Bonchev–Trinajstić information content (AvgIpc) is 3.07. The van der Waals surface area contributed by atoms with Crippen molar-refractivity contribution in [2.75, 3.05) is 4.90 Å². The predicted octanol–water partition coefficient (Wildman–Crippen LogP) is 5.37. The number of carboxylic acids is 1. The number of aromatic carboxylic acids is 1. The van der Waals surface area contributed by atoms with Gasteiger partial charge in [-0.1, -0.05) is 41.4 Å². The fraction of sp³-hybridized carbons (Fsp3) is 0.0417. The van der Waals surface area contributed by atoms with Crippen molar-refractivity contribution in [2.45, 2.75) is 6.61 Å². The number of hydrogen-bond acceptors (Lipinski definition) is 4. The van der Waals surface area contributed by atoms with Gasteiger partial charge < -0.3 is 15.2 Å². The number of imide groups is 1. The van der Waals surface area contributed by atoms with Crippen LogP contribution in [0.3, 0.4) is 0 Å². The van der Waals surface area contributed by atoms with E-state index in [0.29, 0.717) is 32.6 Å². The average molecular weight is 483 g/mol. The van der Waals surface area contributed by atoms with Gasteiger partial charge in [0.1, 0.15) is 18.1 Å². The summed E-state index contributed by atoms with van der Waals surface area (Å²) in [6.07, 6.45) is 1.52. The van der Waals surface area contributed by atoms with E-state index in [2.05, 4.69) is 5.32 Å². The third kappa shape index (κ3) is 5.00. The molecule has 0 unspecified atom stereocenters. The van der Waals surface area contributed by atoms with Crippen molar-refractivity contribution >= 4 is 52.9 Å². The van der Waals surface area contributed by atoms with E-state index in [9.17, 15) is 14.4 Å². The molecule has 1 saturated heterocycles. The predicted molar refractivity (Wildman–Crippen MR) is 125 cm³/mol. The van der Waals surface area contributed by atoms with Crippen LogP contribution in [0.15, 0.2) is 72.4 Å². The summed E-state index contributed by atoms with van der Waals surface area (Å²) in [6, 6.07) is 17.1. The molecule has 2 N–H and O–H groups in total. The molecule has 3 amide bonds. The lowest BCUT2D eigenvalue weighted by molar-refractivity contribution is -0.113. The van der Waals surface area contributed by atoms with E-state index in [1.54, 1.807) is 54.6 Å². The topological polar surface area (TPSA) is 95.9 Å². The van der Waals surface area contributed by atoms with Crippen molar-refractivity contribution in [3.8, 4) is 5.75 Å². The molecule has 33 heavy (non-hydrogen) atoms. The molecular weight excluding hydrogens is 467 g/mol. The van der Waals surface area contributed by atoms with Crippen LogP contribution in [0.2, 0.25) is 10.0 Å². The van der Waals surface area contributed by atoms with E-state index in [0.717, 1.165) is 4.90 Å². The summed E-state index contributed by atoms with van der Waals surface area (Å²) in [6.45, 7) is 0.131. The molecular formula is C24H16Cl2N2O5. The lowest BCUT2D eigenvalue weighted by atomic mass is 10.1. The molecule has 0 bridgehead atoms. The number of hydrogen-bond donors (Lipinski definition) is 2. The Kier molecular flexibility index (Phi) is 6.35. The van der Waals surface area contributed by atoms with Crippen LogP contribution in [-0.4, -0.2) is 23.0 Å². The minimum atomic E-state index is -1.02. The van der Waals surface area contributed by atoms with Crippen LogP contribution >= 0.6 is 23.2 Å². The van der Waals surface area contributed by atoms with Gasteiger partial charge >= 0.3 is 12.0 Å². The second kappa shape index (κ2) is 9.36. The molecule has 0 spiro atoms. The van der Waals surface area contributed by atoms with Crippen molar-refractivity contribution in [2.24, 2.45) is 0 Å². The minimum absolute atomic E-state index is 0.102. The van der Waals surface area contributed by atoms with Gasteiger partial charge in [0, 0.05) is 5.02 Å². The molecule has 0 radical (unpaired) electrons. The zero-order valence-electron chi connectivity index (χ0n) is 16.9. The standard InChI is InChI=1S/C24H16Cl2N2O5/c25-17-5-7-18(8-6-17)28-22(29)20(27-24(28)32)12-14-4-9-21(19(26)11-14)33-13-15-2-1-3-16(10-15)23(30)31/h1-12H,13H2,(H,27,32)(H,30,31)/b20-12-. The second-order valence-corrected chi connectivity index (χ2v) is 7.93. The Morgan fingerprint density at radius 2 is 1.79 bits per heavy atom. The van der Waals surface area contributed by atoms with E-state index >= 15 is 0 Å². The molecule has 1 heterocycles. The smallest absolute Gasteiger partial charge is 0.335 e. The number of amides is 3. The van der Waals surface area contributed by atoms with E-state index < -0.39 is 17.9 Å². The molecule has 1 aliphatic rings. The first-order chi connectivity index (χ1) is 15.8. The fourth-order valence-corrected chi connectivity index (χ4v) is 3.58. The summed E-state index contributed by atoms with van der Waals surface area (Å²) < 4.78 is 5.70. The van der Waals surface area contributed by atoms with E-state index in [4.69, 9.17) is 33.0 Å². The van der Waals surface area contributed by atoms with Crippen LogP contribution in [0, 0.1) is 0 Å². The number of rotatable bonds is 6. The molecule has 0 saturated carbocycles. The Morgan fingerprint density at radius 1 is 1.03 bits per heavy atom. The summed E-state index contributed by atoms with van der Waals surface area (Å²) in [5.74, 6) is -1.13. The van der Waals surface area contributed by atoms with E-state index in [1.807, 2.05) is 0 Å². The molecule has 0 atom stereocenters. The molecule has 1 fully saturated rings. The summed E-state index contributed by atoms with van der Waals surface area (Å²) >= 11 is 12.2. The number of nitrogens with zero attached hydrogens (tertiary/aromatic N) is 1. The molecule has 7 nitrogen and oxygen atoms in total. The summed E-state index contributed by atoms with van der Waals surface area (Å²) in [7, 11) is 0. The van der Waals surface area contributed by atoms with Crippen LogP contribution in [0.4, 0.5) is 10.5 Å². The molecule has 3 aromatic rings. The summed E-state index contributed by atoms with van der Waals surface area (Å²) in [4.78, 5) is 37.2. The van der Waals surface area contributed by atoms with Gasteiger partial charge in [0.05, 0.1) is 16.3 Å². The van der Waals surface area contributed by atoms with Gasteiger partial charge in [-0.3, -0.25) is 4.79 Å². The van der Waals surface area contributed by atoms with Crippen LogP contribution in [0.1, 0.15) is 21.5 Å². The van der Waals surface area contributed by atoms with E-state index in [-0.39, 0.29) is 17.9 Å². The highest BCUT2D eigenvalue weighted by Gasteiger charge is 2.34. The SMILES string of the molecule is O=C(O)c1cccc(COc2ccc(/C=C3\NC(=O)N(c4ccc(Cl)cc4)C3=O)cc2Cl)c1. The maximum Gasteiger partial charge on any atom is 0.335 e. The summed E-state index contributed by atoms with van der Waals surface area (Å²) in [5.41, 5.74) is 1.94. The first kappa shape index (κ1) is 22.4. The highest BCUT2D eigenvalue weighted by atomic mass is 35.5. The summed E-state index contributed by atoms with van der Waals surface area (Å²) in [5, 5.41) is 12.4. The number of nitrogens with one attached hydrogen (secondary N) is 1. The Bertz CT molecular complexity index is 1290. The molecule has 0 aromatic heterocycles. The number of benzene rings is 3. The number of carbonyl (C=O) groups is 3. The quantitative estimate of drug-likeness (QED) is 0.363. The number of carboxylic acid groups (broad SMARTS) is 1. The van der Waals surface area contributed by atoms with Crippen LogP contribution in [0.25, 0.3) is 6.08 Å². The lowest BCUT2D eigenvalue weighted by Crippen LogP contribution is -2.30. The second-order valence-electron chi connectivity index (χ2n) is 7.09. The monoisotopic (exact) mass is 482 g/mol. The van der Waals surface area contributed by atoms with Crippen LogP contribution in [0.5, 0.6) is 5.75 Å². The molecule has 3 aromatic carbocycles. The van der Waals surface area contributed by atoms with Crippen molar-refractivity contribution in [3.63, 3.8) is 0 Å². The molecule has 166 valence electrons. The van der Waals surface area contributed by atoms with Crippen molar-refractivity contribution in [1.29, 1.82) is 0 Å². The van der Waals surface area contributed by atoms with Crippen LogP contribution in [-0.2, 0) is 11.4 Å². The van der Waals surface area contributed by atoms with Gasteiger partial charge in [0.15, 0.2) is 0 Å². The zero-order valence-corrected chi connectivity index (χ0v) is 18.4. The number of carbonyl (C=O) groups excluding carboxylic acids is 2. The largest absolute Gasteiger partial charge is 0.487 e. The van der Waals surface area contributed by atoms with Crippen molar-refractivity contribution in [3.05, 3.63) is 99.2 Å². The normalized spacial score (nSPS) is 14.5. The zero-order chi connectivity index (χ0) is 23.5. The fourth-order valence-electron chi connectivity index (χ4n) is 3.21. The lowest BCUT2D eigenvalue weighted by Gasteiger charge is -2.11. The Morgan fingerprint density at radius 3 is 2.48 bits per heavy atom. The third-order valence-corrected chi connectivity index (χ3v) is 5.35. The van der Waals surface area contributed by atoms with Gasteiger partial charge in [-0.25, -0.2) is 14.5 Å². The van der Waals surface area contributed by atoms with Crippen LogP contribution < -0.4 is 15.0 Å².